The van der Waals surface area contributed by atoms with Crippen molar-refractivity contribution >= 4 is 28.3 Å². The number of anilines is 1. The van der Waals surface area contributed by atoms with Gasteiger partial charge in [-0.1, -0.05) is 0 Å². The van der Waals surface area contributed by atoms with E-state index in [-0.39, 0.29) is 24.3 Å². The third-order valence-corrected chi connectivity index (χ3v) is 5.99. The molecule has 1 aliphatic rings. The molecule has 192 valence electrons. The Hall–Kier alpha value is -2.71. The van der Waals surface area contributed by atoms with Gasteiger partial charge in [0.15, 0.2) is 5.13 Å². The van der Waals surface area contributed by atoms with Crippen molar-refractivity contribution in [3.8, 4) is 0 Å². The summed E-state index contributed by atoms with van der Waals surface area (Å²) >= 11 is 1.14. The van der Waals surface area contributed by atoms with Crippen LogP contribution in [0, 0.1) is 6.92 Å². The van der Waals surface area contributed by atoms with Gasteiger partial charge in [0.25, 0.3) is 5.91 Å². The Morgan fingerprint density at radius 3 is 2.20 bits per heavy atom. The van der Waals surface area contributed by atoms with Crippen molar-refractivity contribution < 1.29 is 40.7 Å². The Labute approximate surface area is 200 Å². The van der Waals surface area contributed by atoms with Crippen LogP contribution in [-0.4, -0.2) is 72.5 Å². The second kappa shape index (κ2) is 10.9. The highest BCUT2D eigenvalue weighted by molar-refractivity contribution is 7.13. The summed E-state index contributed by atoms with van der Waals surface area (Å²) in [6.07, 6.45) is -10.2. The van der Waals surface area contributed by atoms with Gasteiger partial charge in [0.05, 0.1) is 30.0 Å². The first-order valence-corrected chi connectivity index (χ1v) is 11.3. The number of ether oxygens (including phenoxy) is 1. The number of nitrogens with one attached hydrogen (secondary N) is 1. The maximum atomic E-state index is 13.3. The first-order chi connectivity index (χ1) is 16.3. The largest absolute Gasteiger partial charge is 0.416 e. The van der Waals surface area contributed by atoms with Crippen LogP contribution in [0.4, 0.5) is 31.5 Å². The lowest BCUT2D eigenvalue weighted by molar-refractivity contribution is -0.143. The number of aromatic nitrogens is 1. The molecule has 3 rings (SSSR count). The number of benzene rings is 1. The number of rotatable bonds is 7. The fraction of sp³-hybridized carbons (Fsp3) is 0.476. The predicted molar refractivity (Wildman–Crippen MR) is 115 cm³/mol. The molecule has 0 saturated carbocycles. The molecular weight excluding hydrogens is 502 g/mol. The minimum Gasteiger partial charge on any atom is -0.379 e. The average molecular weight is 524 g/mol. The van der Waals surface area contributed by atoms with E-state index in [2.05, 4.69) is 10.3 Å². The van der Waals surface area contributed by atoms with Gasteiger partial charge < -0.3 is 15.0 Å². The summed E-state index contributed by atoms with van der Waals surface area (Å²) in [5.74, 6) is -1.81. The van der Waals surface area contributed by atoms with Gasteiger partial charge in [0, 0.05) is 37.1 Å². The molecule has 35 heavy (non-hydrogen) atoms. The molecular formula is C21H22F6N4O3S. The fourth-order valence-electron chi connectivity index (χ4n) is 3.34. The fourth-order valence-corrected chi connectivity index (χ4v) is 4.05. The number of alkyl halides is 6. The summed E-state index contributed by atoms with van der Waals surface area (Å²) in [5, 5.41) is 4.42. The number of aryl methyl sites for hydroxylation is 1. The van der Waals surface area contributed by atoms with Crippen molar-refractivity contribution in [2.45, 2.75) is 19.3 Å². The van der Waals surface area contributed by atoms with Gasteiger partial charge in [0.2, 0.25) is 5.91 Å². The highest BCUT2D eigenvalue weighted by Crippen LogP contribution is 2.36. The van der Waals surface area contributed by atoms with Crippen molar-refractivity contribution in [2.24, 2.45) is 0 Å². The van der Waals surface area contributed by atoms with Gasteiger partial charge in [-0.05, 0) is 25.1 Å². The number of halogens is 6. The monoisotopic (exact) mass is 524 g/mol. The van der Waals surface area contributed by atoms with E-state index in [0.717, 1.165) is 16.2 Å². The van der Waals surface area contributed by atoms with E-state index in [9.17, 15) is 35.9 Å². The molecule has 2 aromatic rings. The molecule has 1 fully saturated rings. The third kappa shape index (κ3) is 7.64. The summed E-state index contributed by atoms with van der Waals surface area (Å²) in [4.78, 5) is 32.6. The quantitative estimate of drug-likeness (QED) is 0.557. The van der Waals surface area contributed by atoms with Crippen LogP contribution in [0.25, 0.3) is 0 Å². The zero-order valence-corrected chi connectivity index (χ0v) is 19.3. The molecule has 14 heteroatoms. The van der Waals surface area contributed by atoms with E-state index >= 15 is 0 Å². The van der Waals surface area contributed by atoms with Crippen molar-refractivity contribution in [3.63, 3.8) is 0 Å². The Bertz CT molecular complexity index is 1020. The van der Waals surface area contributed by atoms with Crippen LogP contribution in [0.5, 0.6) is 0 Å². The minimum absolute atomic E-state index is 0.0493. The first-order valence-electron chi connectivity index (χ1n) is 10.4. The smallest absolute Gasteiger partial charge is 0.379 e. The van der Waals surface area contributed by atoms with Crippen LogP contribution in [0.2, 0.25) is 0 Å². The zero-order chi connectivity index (χ0) is 25.8. The number of hydrogen-bond donors (Lipinski definition) is 1. The topological polar surface area (TPSA) is 74.8 Å². The molecule has 0 spiro atoms. The molecule has 7 nitrogen and oxygen atoms in total. The summed E-state index contributed by atoms with van der Waals surface area (Å²) in [7, 11) is 0. The zero-order valence-electron chi connectivity index (χ0n) is 18.5. The molecule has 1 aromatic carbocycles. The number of nitrogens with zero attached hydrogens (tertiary/aromatic N) is 3. The van der Waals surface area contributed by atoms with Crippen molar-refractivity contribution in [3.05, 3.63) is 46.0 Å². The highest BCUT2D eigenvalue weighted by atomic mass is 32.1. The normalized spacial score (nSPS) is 15.2. The Morgan fingerprint density at radius 2 is 1.69 bits per heavy atom. The standard InChI is InChI=1S/C21H22F6N4O3S/c1-13-12-35-19(28-13)29-17(32)11-31(3-2-30-4-6-34-7-5-30)18(33)14-8-15(20(22,23)24)10-16(9-14)21(25,26)27/h8-10,12H,2-7,11H2,1H3,(H,28,29,32). The van der Waals surface area contributed by atoms with Gasteiger partial charge in [0.1, 0.15) is 6.54 Å². The van der Waals surface area contributed by atoms with E-state index in [0.29, 0.717) is 44.1 Å². The van der Waals surface area contributed by atoms with Crippen LogP contribution in [0.3, 0.4) is 0 Å². The Balaban J connectivity index is 1.87. The van der Waals surface area contributed by atoms with Crippen LogP contribution in [-0.2, 0) is 21.9 Å². The molecule has 0 aliphatic carbocycles. The summed E-state index contributed by atoms with van der Waals surface area (Å²) in [5.41, 5.74) is -3.38. The van der Waals surface area contributed by atoms with Crippen LogP contribution < -0.4 is 5.32 Å². The lowest BCUT2D eigenvalue weighted by Gasteiger charge is -2.30. The van der Waals surface area contributed by atoms with Crippen LogP contribution in [0.1, 0.15) is 27.2 Å². The number of carbonyl (C=O) groups excluding carboxylic acids is 2. The molecule has 1 saturated heterocycles. The van der Waals surface area contributed by atoms with E-state index in [1.165, 1.54) is 0 Å². The molecule has 0 radical (unpaired) electrons. The lowest BCUT2D eigenvalue weighted by atomic mass is 10.0. The Morgan fingerprint density at radius 1 is 1.09 bits per heavy atom. The van der Waals surface area contributed by atoms with E-state index < -0.39 is 47.4 Å². The molecule has 0 bridgehead atoms. The van der Waals surface area contributed by atoms with Gasteiger partial charge in [-0.15, -0.1) is 11.3 Å². The summed E-state index contributed by atoms with van der Waals surface area (Å²) < 4.78 is 84.8. The van der Waals surface area contributed by atoms with E-state index in [4.69, 9.17) is 4.74 Å². The average Bonchev–Trinajstić information content (AvgIpc) is 3.19. The van der Waals surface area contributed by atoms with Crippen molar-refractivity contribution in [1.82, 2.24) is 14.8 Å². The maximum absolute atomic E-state index is 13.3. The lowest BCUT2D eigenvalue weighted by Crippen LogP contribution is -2.45. The third-order valence-electron chi connectivity index (χ3n) is 5.11. The molecule has 2 amide bonds. The van der Waals surface area contributed by atoms with Crippen molar-refractivity contribution in [2.75, 3.05) is 51.3 Å². The number of amides is 2. The second-order valence-corrected chi connectivity index (χ2v) is 8.68. The summed E-state index contributed by atoms with van der Waals surface area (Å²) in [6, 6.07) is 0.676. The van der Waals surface area contributed by atoms with Gasteiger partial charge >= 0.3 is 12.4 Å². The molecule has 0 atom stereocenters. The van der Waals surface area contributed by atoms with Gasteiger partial charge in [-0.2, -0.15) is 26.3 Å². The maximum Gasteiger partial charge on any atom is 0.416 e. The molecule has 1 aliphatic heterocycles. The number of thiazole rings is 1. The molecule has 2 heterocycles. The molecule has 0 unspecified atom stereocenters. The second-order valence-electron chi connectivity index (χ2n) is 7.82. The van der Waals surface area contributed by atoms with Crippen LogP contribution >= 0.6 is 11.3 Å². The SMILES string of the molecule is Cc1csc(NC(=O)CN(CCN2CCOCC2)C(=O)c2cc(C(F)(F)F)cc(C(F)(F)F)c2)n1. The van der Waals surface area contributed by atoms with E-state index in [1.807, 2.05) is 4.90 Å². The van der Waals surface area contributed by atoms with Gasteiger partial charge in [-0.3, -0.25) is 14.5 Å². The van der Waals surface area contributed by atoms with Crippen LogP contribution in [0.15, 0.2) is 23.6 Å². The first kappa shape index (κ1) is 26.9. The number of morpholine rings is 1. The predicted octanol–water partition coefficient (Wildman–Crippen LogP) is 3.90. The minimum atomic E-state index is -5.10. The highest BCUT2D eigenvalue weighted by Gasteiger charge is 2.38. The van der Waals surface area contributed by atoms with Crippen molar-refractivity contribution in [1.29, 1.82) is 0 Å². The van der Waals surface area contributed by atoms with E-state index in [1.54, 1.807) is 12.3 Å². The molecule has 1 aromatic heterocycles. The number of hydrogen-bond acceptors (Lipinski definition) is 6. The molecule has 1 N–H and O–H groups in total. The van der Waals surface area contributed by atoms with Gasteiger partial charge in [-0.25, -0.2) is 4.98 Å². The summed E-state index contributed by atoms with van der Waals surface area (Å²) in [6.45, 7) is 3.24. The number of carbonyl (C=O) groups is 2. The Kier molecular flexibility index (Phi) is 8.38.